The molecular weight excluding hydrogens is 302 g/mol. The van der Waals surface area contributed by atoms with E-state index in [1.54, 1.807) is 0 Å². The van der Waals surface area contributed by atoms with Gasteiger partial charge >= 0.3 is 0 Å². The molecule has 0 amide bonds. The highest BCUT2D eigenvalue weighted by Crippen LogP contribution is 2.27. The summed E-state index contributed by atoms with van der Waals surface area (Å²) in [6, 6.07) is 14.2. The Hall–Kier alpha value is -1.32. The Morgan fingerprint density at radius 1 is 1.11 bits per heavy atom. The van der Waals surface area contributed by atoms with E-state index in [4.69, 9.17) is 4.74 Å². The Kier molecular flexibility index (Phi) is 5.00. The van der Waals surface area contributed by atoms with E-state index in [1.807, 2.05) is 24.3 Å². The molecule has 2 aromatic carbocycles. The molecule has 100 valence electrons. The van der Waals surface area contributed by atoms with Gasteiger partial charge < -0.3 is 10.1 Å². The summed E-state index contributed by atoms with van der Waals surface area (Å²) in [7, 11) is 0. The number of ether oxygens (including phenoxy) is 1. The number of hydrogen-bond acceptors (Lipinski definition) is 2. The van der Waals surface area contributed by atoms with Gasteiger partial charge in [-0.05, 0) is 54.9 Å². The lowest BCUT2D eigenvalue weighted by atomic mass is 10.1. The van der Waals surface area contributed by atoms with E-state index in [0.717, 1.165) is 34.6 Å². The van der Waals surface area contributed by atoms with Gasteiger partial charge in [-0.1, -0.05) is 35.0 Å². The molecule has 0 saturated carbocycles. The molecule has 2 nitrogen and oxygen atoms in total. The molecule has 0 saturated heterocycles. The molecule has 0 heterocycles. The van der Waals surface area contributed by atoms with Crippen LogP contribution in [-0.2, 0) is 6.54 Å². The average Bonchev–Trinajstić information content (AvgIpc) is 2.42. The molecule has 2 rings (SSSR count). The zero-order valence-corrected chi connectivity index (χ0v) is 12.8. The highest BCUT2D eigenvalue weighted by Gasteiger charge is 2.03. The van der Waals surface area contributed by atoms with Crippen molar-refractivity contribution in [2.24, 2.45) is 0 Å². The van der Waals surface area contributed by atoms with Crippen LogP contribution in [0, 0.1) is 6.92 Å². The second kappa shape index (κ2) is 6.73. The Morgan fingerprint density at radius 2 is 1.84 bits per heavy atom. The van der Waals surface area contributed by atoms with Gasteiger partial charge in [-0.3, -0.25) is 0 Å². The maximum atomic E-state index is 5.94. The van der Waals surface area contributed by atoms with Crippen molar-refractivity contribution in [2.45, 2.75) is 20.4 Å². The minimum absolute atomic E-state index is 0.854. The predicted octanol–water partition coefficient (Wildman–Crippen LogP) is 4.66. The van der Waals surface area contributed by atoms with Crippen molar-refractivity contribution < 1.29 is 4.74 Å². The first-order valence-electron chi connectivity index (χ1n) is 6.42. The van der Waals surface area contributed by atoms with Crippen LogP contribution >= 0.6 is 15.9 Å². The number of rotatable bonds is 5. The third-order valence-electron chi connectivity index (χ3n) is 2.87. The minimum atomic E-state index is 0.854. The molecule has 0 bridgehead atoms. The summed E-state index contributed by atoms with van der Waals surface area (Å²) in [6.07, 6.45) is 0. The van der Waals surface area contributed by atoms with Crippen LogP contribution in [0.4, 0.5) is 0 Å². The van der Waals surface area contributed by atoms with E-state index in [-0.39, 0.29) is 0 Å². The van der Waals surface area contributed by atoms with Crippen LogP contribution in [0.5, 0.6) is 11.5 Å². The highest BCUT2D eigenvalue weighted by molar-refractivity contribution is 9.10. The van der Waals surface area contributed by atoms with Crippen LogP contribution in [0.3, 0.4) is 0 Å². The van der Waals surface area contributed by atoms with Crippen LogP contribution in [0.1, 0.15) is 18.1 Å². The second-order valence-corrected chi connectivity index (χ2v) is 5.35. The van der Waals surface area contributed by atoms with Crippen molar-refractivity contribution in [1.82, 2.24) is 5.32 Å². The van der Waals surface area contributed by atoms with Gasteiger partial charge in [0.1, 0.15) is 11.5 Å². The minimum Gasteiger partial charge on any atom is -0.457 e. The lowest BCUT2D eigenvalue weighted by Crippen LogP contribution is -2.11. The largest absolute Gasteiger partial charge is 0.457 e. The van der Waals surface area contributed by atoms with Crippen LogP contribution in [-0.4, -0.2) is 6.54 Å². The quantitative estimate of drug-likeness (QED) is 0.865. The smallest absolute Gasteiger partial charge is 0.130 e. The third kappa shape index (κ3) is 4.08. The monoisotopic (exact) mass is 319 g/mol. The fourth-order valence-electron chi connectivity index (χ4n) is 1.76. The molecule has 0 aromatic heterocycles. The number of benzene rings is 2. The van der Waals surface area contributed by atoms with E-state index in [1.165, 1.54) is 5.56 Å². The van der Waals surface area contributed by atoms with Gasteiger partial charge in [0.05, 0.1) is 0 Å². The molecule has 0 spiro atoms. The van der Waals surface area contributed by atoms with Gasteiger partial charge in [-0.25, -0.2) is 0 Å². The summed E-state index contributed by atoms with van der Waals surface area (Å²) in [5, 5.41) is 3.32. The Bertz CT molecular complexity index is 537. The van der Waals surface area contributed by atoms with E-state index >= 15 is 0 Å². The van der Waals surface area contributed by atoms with E-state index in [9.17, 15) is 0 Å². The lowest BCUT2D eigenvalue weighted by molar-refractivity contribution is 0.477. The lowest BCUT2D eigenvalue weighted by Gasteiger charge is -2.11. The summed E-state index contributed by atoms with van der Waals surface area (Å²) < 4.78 is 6.99. The van der Waals surface area contributed by atoms with Gasteiger partial charge in [0.25, 0.3) is 0 Å². The predicted molar refractivity (Wildman–Crippen MR) is 82.8 cm³/mol. The third-order valence-corrected chi connectivity index (χ3v) is 3.40. The first-order valence-corrected chi connectivity index (χ1v) is 7.22. The zero-order chi connectivity index (χ0) is 13.7. The van der Waals surface area contributed by atoms with E-state index < -0.39 is 0 Å². The van der Waals surface area contributed by atoms with Gasteiger partial charge in [0.15, 0.2) is 0 Å². The summed E-state index contributed by atoms with van der Waals surface area (Å²) >= 11 is 3.42. The van der Waals surface area contributed by atoms with E-state index in [0.29, 0.717) is 0 Å². The van der Waals surface area contributed by atoms with Crippen LogP contribution in [0.2, 0.25) is 0 Å². The molecule has 0 unspecified atom stereocenters. The van der Waals surface area contributed by atoms with Crippen molar-refractivity contribution >= 4 is 15.9 Å². The number of hydrogen-bond donors (Lipinski definition) is 1. The highest BCUT2D eigenvalue weighted by atomic mass is 79.9. The Morgan fingerprint density at radius 3 is 2.53 bits per heavy atom. The SMILES string of the molecule is CCNCc1ccc(C)c(Oc2ccc(Br)cc2)c1. The maximum Gasteiger partial charge on any atom is 0.130 e. The van der Waals surface area contributed by atoms with Crippen LogP contribution < -0.4 is 10.1 Å². The number of nitrogens with one attached hydrogen (secondary N) is 1. The first-order chi connectivity index (χ1) is 9.19. The van der Waals surface area contributed by atoms with Crippen molar-refractivity contribution in [2.75, 3.05) is 6.54 Å². The molecule has 3 heteroatoms. The number of aryl methyl sites for hydroxylation is 1. The molecule has 0 aliphatic heterocycles. The van der Waals surface area contributed by atoms with Crippen molar-refractivity contribution in [3.8, 4) is 11.5 Å². The van der Waals surface area contributed by atoms with Crippen LogP contribution in [0.15, 0.2) is 46.9 Å². The van der Waals surface area contributed by atoms with Crippen molar-refractivity contribution in [1.29, 1.82) is 0 Å². The second-order valence-electron chi connectivity index (χ2n) is 4.44. The fourth-order valence-corrected chi connectivity index (χ4v) is 2.03. The van der Waals surface area contributed by atoms with Crippen molar-refractivity contribution in [3.05, 3.63) is 58.1 Å². The van der Waals surface area contributed by atoms with Gasteiger partial charge in [-0.2, -0.15) is 0 Å². The van der Waals surface area contributed by atoms with Crippen LogP contribution in [0.25, 0.3) is 0 Å². The molecule has 1 N–H and O–H groups in total. The molecule has 0 atom stereocenters. The molecule has 19 heavy (non-hydrogen) atoms. The first kappa shape index (κ1) is 14.1. The fraction of sp³-hybridized carbons (Fsp3) is 0.250. The van der Waals surface area contributed by atoms with Gasteiger partial charge in [0.2, 0.25) is 0 Å². The molecule has 0 aliphatic rings. The zero-order valence-electron chi connectivity index (χ0n) is 11.2. The molecule has 0 aliphatic carbocycles. The molecule has 0 fully saturated rings. The van der Waals surface area contributed by atoms with Crippen molar-refractivity contribution in [3.63, 3.8) is 0 Å². The average molecular weight is 320 g/mol. The van der Waals surface area contributed by atoms with E-state index in [2.05, 4.69) is 53.3 Å². The number of halogens is 1. The van der Waals surface area contributed by atoms with Gasteiger partial charge in [0, 0.05) is 11.0 Å². The van der Waals surface area contributed by atoms with Gasteiger partial charge in [-0.15, -0.1) is 0 Å². The Labute approximate surface area is 122 Å². The molecule has 2 aromatic rings. The Balaban J connectivity index is 2.16. The normalized spacial score (nSPS) is 10.5. The topological polar surface area (TPSA) is 21.3 Å². The summed E-state index contributed by atoms with van der Waals surface area (Å²) in [6.45, 7) is 6.00. The maximum absolute atomic E-state index is 5.94. The standard InChI is InChI=1S/C16H18BrNO/c1-3-18-11-13-5-4-12(2)16(10-13)19-15-8-6-14(17)7-9-15/h4-10,18H,3,11H2,1-2H3. The summed E-state index contributed by atoms with van der Waals surface area (Å²) in [5.74, 6) is 1.77. The summed E-state index contributed by atoms with van der Waals surface area (Å²) in [4.78, 5) is 0. The molecule has 0 radical (unpaired) electrons. The summed E-state index contributed by atoms with van der Waals surface area (Å²) in [5.41, 5.74) is 2.38. The molecular formula is C16H18BrNO.